The lowest BCUT2D eigenvalue weighted by Crippen LogP contribution is -2.27. The Morgan fingerprint density at radius 2 is 1.77 bits per heavy atom. The van der Waals surface area contributed by atoms with E-state index in [9.17, 15) is 23.1 Å². The minimum absolute atomic E-state index is 0.526. The number of hydrogen-bond acceptors (Lipinski definition) is 6. The maximum Gasteiger partial charge on any atom is 0.412 e. The van der Waals surface area contributed by atoms with E-state index in [1.165, 1.54) is 0 Å². The third kappa shape index (κ3) is 4.60. The van der Waals surface area contributed by atoms with Gasteiger partial charge in [0.25, 0.3) is 10.1 Å². The Hall–Kier alpha value is -2.33. The fourth-order valence-corrected chi connectivity index (χ4v) is 1.96. The van der Waals surface area contributed by atoms with Crippen molar-refractivity contribution in [2.75, 3.05) is 5.32 Å². The topological polar surface area (TPSA) is 150 Å². The molecular weight excluding hydrogens is 318 g/mol. The van der Waals surface area contributed by atoms with Crippen molar-refractivity contribution in [1.82, 2.24) is 0 Å². The molecule has 0 bridgehead atoms. The average molecular weight is 333 g/mol. The summed E-state index contributed by atoms with van der Waals surface area (Å²) < 4.78 is 36.1. The number of carbonyl (C=O) groups excluding carboxylic acids is 1. The number of carboxylic acid groups (broad SMARTS) is 1. The number of carbonyl (C=O) groups is 2. The first-order chi connectivity index (χ1) is 9.81. The first-order valence-electron chi connectivity index (χ1n) is 5.89. The number of carboxylic acids is 1. The summed E-state index contributed by atoms with van der Waals surface area (Å²) in [4.78, 5) is 21.8. The highest BCUT2D eigenvalue weighted by Gasteiger charge is 2.23. The lowest BCUT2D eigenvalue weighted by molar-refractivity contribution is 0.0631. The van der Waals surface area contributed by atoms with Gasteiger partial charge in [-0.05, 0) is 32.9 Å². The molecule has 10 heteroatoms. The molecule has 0 atom stereocenters. The fourth-order valence-electron chi connectivity index (χ4n) is 1.43. The molecule has 0 saturated heterocycles. The molecule has 1 rings (SSSR count). The summed E-state index contributed by atoms with van der Waals surface area (Å²) >= 11 is 0. The largest absolute Gasteiger partial charge is 0.505 e. The van der Waals surface area contributed by atoms with Crippen molar-refractivity contribution in [3.8, 4) is 5.75 Å². The highest BCUT2D eigenvalue weighted by atomic mass is 32.2. The van der Waals surface area contributed by atoms with E-state index in [4.69, 9.17) is 14.4 Å². The van der Waals surface area contributed by atoms with Gasteiger partial charge >= 0.3 is 12.1 Å². The summed E-state index contributed by atoms with van der Waals surface area (Å²) in [6.45, 7) is 4.72. The molecule has 1 amide bonds. The van der Waals surface area contributed by atoms with Gasteiger partial charge in [0.05, 0.1) is 10.6 Å². The van der Waals surface area contributed by atoms with E-state index in [2.05, 4.69) is 0 Å². The summed E-state index contributed by atoms with van der Waals surface area (Å²) in [7, 11) is -4.74. The zero-order chi connectivity index (χ0) is 17.3. The van der Waals surface area contributed by atoms with Crippen LogP contribution in [-0.2, 0) is 14.9 Å². The molecular formula is C12H15NO8S. The van der Waals surface area contributed by atoms with Crippen molar-refractivity contribution < 1.29 is 37.5 Å². The van der Waals surface area contributed by atoms with Crippen LogP contribution in [0.15, 0.2) is 17.0 Å². The van der Waals surface area contributed by atoms with Crippen molar-refractivity contribution in [3.63, 3.8) is 0 Å². The average Bonchev–Trinajstić information content (AvgIpc) is 2.27. The minimum atomic E-state index is -4.74. The Morgan fingerprint density at radius 1 is 1.23 bits per heavy atom. The van der Waals surface area contributed by atoms with Crippen LogP contribution in [0.25, 0.3) is 0 Å². The SMILES string of the molecule is CC(C)(C)OC(=O)Nc1cc(S(=O)(=O)O)cc(C(=O)O)c1O. The first-order valence-corrected chi connectivity index (χ1v) is 7.33. The van der Waals surface area contributed by atoms with Crippen molar-refractivity contribution in [3.05, 3.63) is 17.7 Å². The molecule has 122 valence electrons. The van der Waals surface area contributed by atoms with E-state index in [0.717, 1.165) is 0 Å². The smallest absolute Gasteiger partial charge is 0.412 e. The van der Waals surface area contributed by atoms with Crippen molar-refractivity contribution in [2.45, 2.75) is 31.3 Å². The third-order valence-corrected chi connectivity index (χ3v) is 3.08. The molecule has 0 unspecified atom stereocenters. The Labute approximate surface area is 126 Å². The normalized spacial score (nSPS) is 11.8. The Kier molecular flexibility index (Phi) is 4.68. The number of aromatic hydroxyl groups is 1. The second-order valence-corrected chi connectivity index (χ2v) is 6.70. The maximum absolute atomic E-state index is 11.6. The van der Waals surface area contributed by atoms with Crippen LogP contribution in [0, 0.1) is 0 Å². The Balaban J connectivity index is 3.32. The molecule has 0 aliphatic rings. The van der Waals surface area contributed by atoms with Crippen LogP contribution in [-0.4, -0.2) is 40.8 Å². The molecule has 0 aromatic heterocycles. The van der Waals surface area contributed by atoms with Crippen molar-refractivity contribution in [1.29, 1.82) is 0 Å². The third-order valence-electron chi connectivity index (χ3n) is 2.25. The number of ether oxygens (including phenoxy) is 1. The number of anilines is 1. The van der Waals surface area contributed by atoms with Crippen LogP contribution in [0.4, 0.5) is 10.5 Å². The molecule has 0 radical (unpaired) electrons. The molecule has 4 N–H and O–H groups in total. The second kappa shape index (κ2) is 5.81. The van der Waals surface area contributed by atoms with Crippen LogP contribution in [0.1, 0.15) is 31.1 Å². The quantitative estimate of drug-likeness (QED) is 0.482. The maximum atomic E-state index is 11.6. The van der Waals surface area contributed by atoms with E-state index in [0.29, 0.717) is 12.1 Å². The summed E-state index contributed by atoms with van der Waals surface area (Å²) in [5.74, 6) is -2.51. The van der Waals surface area contributed by atoms with Crippen LogP contribution < -0.4 is 5.32 Å². The highest BCUT2D eigenvalue weighted by Crippen LogP contribution is 2.31. The van der Waals surface area contributed by atoms with E-state index >= 15 is 0 Å². The zero-order valence-electron chi connectivity index (χ0n) is 11.9. The monoisotopic (exact) mass is 333 g/mol. The van der Waals surface area contributed by atoms with Crippen molar-refractivity contribution in [2.24, 2.45) is 0 Å². The summed E-state index contributed by atoms with van der Waals surface area (Å²) in [6.07, 6.45) is -1.04. The fraction of sp³-hybridized carbons (Fsp3) is 0.333. The first kappa shape index (κ1) is 17.7. The molecule has 0 heterocycles. The number of nitrogens with one attached hydrogen (secondary N) is 1. The molecule has 0 fully saturated rings. The standard InChI is InChI=1S/C12H15NO8S/c1-12(2,3)21-11(17)13-8-5-6(22(18,19)20)4-7(9(8)14)10(15)16/h4-5,14H,1-3H3,(H,13,17)(H,15,16)(H,18,19,20). The molecule has 0 aliphatic heterocycles. The lowest BCUT2D eigenvalue weighted by Gasteiger charge is -2.20. The van der Waals surface area contributed by atoms with E-state index in [1.807, 2.05) is 5.32 Å². The number of aromatic carboxylic acids is 1. The number of amides is 1. The van der Waals surface area contributed by atoms with Crippen LogP contribution in [0.5, 0.6) is 5.75 Å². The van der Waals surface area contributed by atoms with E-state index < -0.39 is 49.7 Å². The van der Waals surface area contributed by atoms with Gasteiger partial charge in [-0.15, -0.1) is 0 Å². The summed E-state index contributed by atoms with van der Waals surface area (Å²) in [6, 6.07) is 1.27. The number of phenols is 1. The van der Waals surface area contributed by atoms with Gasteiger partial charge in [0, 0.05) is 0 Å². The second-order valence-electron chi connectivity index (χ2n) is 5.27. The van der Waals surface area contributed by atoms with Gasteiger partial charge < -0.3 is 14.9 Å². The van der Waals surface area contributed by atoms with Crippen molar-refractivity contribution >= 4 is 27.9 Å². The predicted octanol–water partition coefficient (Wildman–Crippen LogP) is 1.68. The molecule has 22 heavy (non-hydrogen) atoms. The lowest BCUT2D eigenvalue weighted by atomic mass is 10.1. The van der Waals surface area contributed by atoms with Crippen LogP contribution >= 0.6 is 0 Å². The molecule has 0 saturated carbocycles. The van der Waals surface area contributed by atoms with E-state index in [1.54, 1.807) is 20.8 Å². The Bertz CT molecular complexity index is 717. The summed E-state index contributed by atoms with van der Waals surface area (Å²) in [5, 5.41) is 20.7. The van der Waals surface area contributed by atoms with Gasteiger partial charge in [-0.1, -0.05) is 0 Å². The number of rotatable bonds is 3. The van der Waals surface area contributed by atoms with Gasteiger partial charge in [0.15, 0.2) is 5.75 Å². The molecule has 0 spiro atoms. The van der Waals surface area contributed by atoms with Crippen LogP contribution in [0.3, 0.4) is 0 Å². The highest BCUT2D eigenvalue weighted by molar-refractivity contribution is 7.85. The Morgan fingerprint density at radius 3 is 2.18 bits per heavy atom. The predicted molar refractivity (Wildman–Crippen MR) is 74.7 cm³/mol. The molecule has 0 aliphatic carbocycles. The van der Waals surface area contributed by atoms with Crippen LogP contribution in [0.2, 0.25) is 0 Å². The van der Waals surface area contributed by atoms with Gasteiger partial charge in [-0.25, -0.2) is 9.59 Å². The number of benzene rings is 1. The van der Waals surface area contributed by atoms with Gasteiger partial charge in [-0.2, -0.15) is 8.42 Å². The molecule has 1 aromatic rings. The number of hydrogen-bond donors (Lipinski definition) is 4. The zero-order valence-corrected chi connectivity index (χ0v) is 12.8. The van der Waals surface area contributed by atoms with Gasteiger partial charge in [0.2, 0.25) is 0 Å². The van der Waals surface area contributed by atoms with E-state index in [-0.39, 0.29) is 0 Å². The summed E-state index contributed by atoms with van der Waals surface area (Å²) in [5.41, 5.74) is -2.20. The minimum Gasteiger partial charge on any atom is -0.505 e. The molecule has 1 aromatic carbocycles. The van der Waals surface area contributed by atoms with Gasteiger partial charge in [0.1, 0.15) is 11.2 Å². The van der Waals surface area contributed by atoms with Gasteiger partial charge in [-0.3, -0.25) is 9.87 Å². The molecule has 9 nitrogen and oxygen atoms in total.